The first-order valence-corrected chi connectivity index (χ1v) is 9.16. The van der Waals surface area contributed by atoms with E-state index in [1.165, 1.54) is 0 Å². The molecular formula is C14H30N2O3S. The second kappa shape index (κ2) is 7.73. The SMILES string of the molecule is CCOCCS(=O)(=O)N1CCC(CNC(C)(C)C)CC1. The van der Waals surface area contributed by atoms with Crippen LogP contribution in [0.5, 0.6) is 0 Å². The van der Waals surface area contributed by atoms with Crippen LogP contribution in [0.15, 0.2) is 0 Å². The van der Waals surface area contributed by atoms with Crippen LogP contribution < -0.4 is 5.32 Å². The Morgan fingerprint density at radius 3 is 2.35 bits per heavy atom. The van der Waals surface area contributed by atoms with Gasteiger partial charge in [0.25, 0.3) is 0 Å². The molecule has 0 aromatic rings. The van der Waals surface area contributed by atoms with E-state index < -0.39 is 10.0 Å². The number of hydrogen-bond donors (Lipinski definition) is 1. The zero-order chi connectivity index (χ0) is 15.2. The number of piperidine rings is 1. The molecule has 1 rings (SSSR count). The molecule has 1 N–H and O–H groups in total. The smallest absolute Gasteiger partial charge is 0.216 e. The molecule has 120 valence electrons. The summed E-state index contributed by atoms with van der Waals surface area (Å²) in [5.41, 5.74) is 0.126. The minimum atomic E-state index is -3.13. The average Bonchev–Trinajstić information content (AvgIpc) is 2.36. The van der Waals surface area contributed by atoms with E-state index in [-0.39, 0.29) is 11.3 Å². The molecule has 0 atom stereocenters. The summed E-state index contributed by atoms with van der Waals surface area (Å²) in [6, 6.07) is 0. The summed E-state index contributed by atoms with van der Waals surface area (Å²) in [5, 5.41) is 3.50. The molecule has 0 aliphatic carbocycles. The van der Waals surface area contributed by atoms with Crippen molar-refractivity contribution in [2.75, 3.05) is 38.6 Å². The van der Waals surface area contributed by atoms with Crippen LogP contribution in [-0.4, -0.2) is 56.9 Å². The third kappa shape index (κ3) is 6.52. The summed E-state index contributed by atoms with van der Waals surface area (Å²) in [6.07, 6.45) is 1.88. The molecule has 1 saturated heterocycles. The number of ether oxygens (including phenoxy) is 1. The van der Waals surface area contributed by atoms with Crippen LogP contribution >= 0.6 is 0 Å². The highest BCUT2D eigenvalue weighted by molar-refractivity contribution is 7.89. The Morgan fingerprint density at radius 2 is 1.85 bits per heavy atom. The lowest BCUT2D eigenvalue weighted by Gasteiger charge is -2.33. The first kappa shape index (κ1) is 17.9. The van der Waals surface area contributed by atoms with Gasteiger partial charge in [0.15, 0.2) is 0 Å². The molecule has 0 bridgehead atoms. The quantitative estimate of drug-likeness (QED) is 0.723. The van der Waals surface area contributed by atoms with Crippen LogP contribution in [0.25, 0.3) is 0 Å². The molecule has 0 unspecified atom stereocenters. The lowest BCUT2D eigenvalue weighted by molar-refractivity contribution is 0.161. The van der Waals surface area contributed by atoms with Crippen molar-refractivity contribution in [3.05, 3.63) is 0 Å². The van der Waals surface area contributed by atoms with Crippen molar-refractivity contribution in [2.24, 2.45) is 5.92 Å². The summed E-state index contributed by atoms with van der Waals surface area (Å²) in [7, 11) is -3.13. The fourth-order valence-corrected chi connectivity index (χ4v) is 3.63. The lowest BCUT2D eigenvalue weighted by Crippen LogP contribution is -2.45. The standard InChI is InChI=1S/C14H30N2O3S/c1-5-19-10-11-20(17,18)16-8-6-13(7-9-16)12-15-14(2,3)4/h13,15H,5-12H2,1-4H3. The zero-order valence-corrected chi connectivity index (χ0v) is 14.1. The van der Waals surface area contributed by atoms with Gasteiger partial charge < -0.3 is 10.1 Å². The minimum Gasteiger partial charge on any atom is -0.381 e. The Labute approximate surface area is 124 Å². The fourth-order valence-electron chi connectivity index (χ4n) is 2.28. The third-order valence-electron chi connectivity index (χ3n) is 3.58. The van der Waals surface area contributed by atoms with E-state index in [0.717, 1.165) is 19.4 Å². The molecule has 0 radical (unpaired) electrons. The summed E-state index contributed by atoms with van der Waals surface area (Å²) in [4.78, 5) is 0. The molecule has 0 amide bonds. The van der Waals surface area contributed by atoms with E-state index in [2.05, 4.69) is 26.1 Å². The molecule has 1 aliphatic heterocycles. The topological polar surface area (TPSA) is 58.6 Å². The Hall–Kier alpha value is -0.170. The van der Waals surface area contributed by atoms with Crippen LogP contribution in [0.4, 0.5) is 0 Å². The summed E-state index contributed by atoms with van der Waals surface area (Å²) >= 11 is 0. The van der Waals surface area contributed by atoms with Gasteiger partial charge in [-0.15, -0.1) is 0 Å². The van der Waals surface area contributed by atoms with Crippen LogP contribution in [-0.2, 0) is 14.8 Å². The van der Waals surface area contributed by atoms with E-state index in [9.17, 15) is 8.42 Å². The molecule has 6 heteroatoms. The molecule has 0 aromatic heterocycles. The van der Waals surface area contributed by atoms with Gasteiger partial charge >= 0.3 is 0 Å². The van der Waals surface area contributed by atoms with Crippen molar-refractivity contribution < 1.29 is 13.2 Å². The van der Waals surface area contributed by atoms with E-state index in [4.69, 9.17) is 4.74 Å². The van der Waals surface area contributed by atoms with Crippen molar-refractivity contribution in [1.29, 1.82) is 0 Å². The second-order valence-electron chi connectivity index (χ2n) is 6.49. The van der Waals surface area contributed by atoms with Gasteiger partial charge in [-0.2, -0.15) is 0 Å². The number of nitrogens with one attached hydrogen (secondary N) is 1. The van der Waals surface area contributed by atoms with E-state index in [0.29, 0.717) is 32.2 Å². The van der Waals surface area contributed by atoms with Gasteiger partial charge in [-0.3, -0.25) is 0 Å². The molecule has 0 spiro atoms. The van der Waals surface area contributed by atoms with E-state index >= 15 is 0 Å². The van der Waals surface area contributed by atoms with E-state index in [1.54, 1.807) is 4.31 Å². The molecule has 1 fully saturated rings. The first-order chi connectivity index (χ1) is 9.24. The summed E-state index contributed by atoms with van der Waals surface area (Å²) in [5.74, 6) is 0.679. The second-order valence-corrected chi connectivity index (χ2v) is 8.57. The van der Waals surface area contributed by atoms with Crippen molar-refractivity contribution in [2.45, 2.75) is 46.1 Å². The Morgan fingerprint density at radius 1 is 1.25 bits per heavy atom. The van der Waals surface area contributed by atoms with Gasteiger partial charge in [0.1, 0.15) is 0 Å². The molecule has 1 aliphatic rings. The van der Waals surface area contributed by atoms with Crippen LogP contribution in [0.2, 0.25) is 0 Å². The Balaban J connectivity index is 2.34. The summed E-state index contributed by atoms with van der Waals surface area (Å²) in [6.45, 7) is 11.5. The Bertz CT molecular complexity index is 368. The minimum absolute atomic E-state index is 0.103. The first-order valence-electron chi connectivity index (χ1n) is 7.55. The maximum atomic E-state index is 12.1. The number of sulfonamides is 1. The predicted octanol–water partition coefficient (Wildman–Crippen LogP) is 1.45. The van der Waals surface area contributed by atoms with Gasteiger partial charge in [-0.25, -0.2) is 12.7 Å². The fraction of sp³-hybridized carbons (Fsp3) is 1.00. The van der Waals surface area contributed by atoms with Crippen LogP contribution in [0.3, 0.4) is 0 Å². The summed E-state index contributed by atoms with van der Waals surface area (Å²) < 4.78 is 31.0. The largest absolute Gasteiger partial charge is 0.381 e. The van der Waals surface area contributed by atoms with Crippen LogP contribution in [0, 0.1) is 5.92 Å². The van der Waals surface area contributed by atoms with Crippen molar-refractivity contribution in [3.8, 4) is 0 Å². The highest BCUT2D eigenvalue weighted by Crippen LogP contribution is 2.20. The highest BCUT2D eigenvalue weighted by Gasteiger charge is 2.28. The normalized spacial score (nSPS) is 19.4. The Kier molecular flexibility index (Phi) is 6.91. The molecule has 0 aromatic carbocycles. The lowest BCUT2D eigenvalue weighted by atomic mass is 9.97. The molecule has 0 saturated carbocycles. The van der Waals surface area contributed by atoms with Gasteiger partial charge in [0, 0.05) is 25.2 Å². The molecular weight excluding hydrogens is 276 g/mol. The predicted molar refractivity (Wildman–Crippen MR) is 82.3 cm³/mol. The van der Waals surface area contributed by atoms with Crippen molar-refractivity contribution in [3.63, 3.8) is 0 Å². The molecule has 1 heterocycles. The number of hydrogen-bond acceptors (Lipinski definition) is 4. The van der Waals surface area contributed by atoms with E-state index in [1.807, 2.05) is 6.92 Å². The molecule has 20 heavy (non-hydrogen) atoms. The maximum Gasteiger partial charge on any atom is 0.216 e. The van der Waals surface area contributed by atoms with Crippen LogP contribution in [0.1, 0.15) is 40.5 Å². The van der Waals surface area contributed by atoms with Gasteiger partial charge in [-0.1, -0.05) is 0 Å². The third-order valence-corrected chi connectivity index (χ3v) is 5.41. The number of nitrogens with zero attached hydrogens (tertiary/aromatic N) is 1. The zero-order valence-electron chi connectivity index (χ0n) is 13.3. The van der Waals surface area contributed by atoms with Gasteiger partial charge in [-0.05, 0) is 53.0 Å². The maximum absolute atomic E-state index is 12.1. The monoisotopic (exact) mass is 306 g/mol. The van der Waals surface area contributed by atoms with Crippen molar-refractivity contribution >= 4 is 10.0 Å². The highest BCUT2D eigenvalue weighted by atomic mass is 32.2. The van der Waals surface area contributed by atoms with Crippen molar-refractivity contribution in [1.82, 2.24) is 9.62 Å². The molecule has 5 nitrogen and oxygen atoms in total. The number of rotatable bonds is 7. The average molecular weight is 306 g/mol. The van der Waals surface area contributed by atoms with Gasteiger partial charge in [0.05, 0.1) is 12.4 Å². The van der Waals surface area contributed by atoms with Gasteiger partial charge in [0.2, 0.25) is 10.0 Å².